The first kappa shape index (κ1) is 14.8. The highest BCUT2D eigenvalue weighted by molar-refractivity contribution is 5.43. The molecule has 0 atom stereocenters. The standard InChI is InChI=1S/C15H25N/c1-7-11-15(14(10-4)12(5)6)16-13(8-2)9-3/h7,10-11,13,16H,4-5,8-9H2,1-3,6H3/b11-7?,15-14+. The number of nitrogens with one attached hydrogen (secondary N) is 1. The first-order valence-electron chi connectivity index (χ1n) is 6.02. The predicted molar refractivity (Wildman–Crippen MR) is 74.4 cm³/mol. The molecule has 1 nitrogen and oxygen atoms in total. The van der Waals surface area contributed by atoms with Crippen molar-refractivity contribution in [3.05, 3.63) is 48.2 Å². The second-order valence-corrected chi connectivity index (χ2v) is 3.97. The normalized spacial score (nSPS) is 12.8. The van der Waals surface area contributed by atoms with Crippen LogP contribution in [0, 0.1) is 0 Å². The molecule has 1 N–H and O–H groups in total. The zero-order valence-corrected chi connectivity index (χ0v) is 11.1. The molecule has 0 unspecified atom stereocenters. The Morgan fingerprint density at radius 2 is 1.88 bits per heavy atom. The van der Waals surface area contributed by atoms with Crippen molar-refractivity contribution in [3.8, 4) is 0 Å². The minimum Gasteiger partial charge on any atom is -0.382 e. The lowest BCUT2D eigenvalue weighted by Crippen LogP contribution is -2.27. The maximum Gasteiger partial charge on any atom is 0.0414 e. The summed E-state index contributed by atoms with van der Waals surface area (Å²) in [7, 11) is 0. The quantitative estimate of drug-likeness (QED) is 0.627. The van der Waals surface area contributed by atoms with Crippen LogP contribution in [0.25, 0.3) is 0 Å². The monoisotopic (exact) mass is 219 g/mol. The number of allylic oxidation sites excluding steroid dienone is 5. The van der Waals surface area contributed by atoms with Crippen molar-refractivity contribution >= 4 is 0 Å². The fraction of sp³-hybridized carbons (Fsp3) is 0.467. The highest BCUT2D eigenvalue weighted by Crippen LogP contribution is 2.15. The molecule has 0 heterocycles. The van der Waals surface area contributed by atoms with Gasteiger partial charge in [-0.1, -0.05) is 39.2 Å². The Labute approximate surface area is 101 Å². The molecule has 0 fully saturated rings. The van der Waals surface area contributed by atoms with Crippen LogP contribution in [-0.4, -0.2) is 6.04 Å². The lowest BCUT2D eigenvalue weighted by Gasteiger charge is -2.19. The summed E-state index contributed by atoms with van der Waals surface area (Å²) in [6.45, 7) is 16.3. The Morgan fingerprint density at radius 3 is 2.19 bits per heavy atom. The summed E-state index contributed by atoms with van der Waals surface area (Å²) >= 11 is 0. The Balaban J connectivity index is 5.11. The van der Waals surface area contributed by atoms with E-state index in [9.17, 15) is 0 Å². The molecule has 0 aliphatic rings. The van der Waals surface area contributed by atoms with E-state index in [1.807, 2.05) is 26.0 Å². The molecule has 0 rings (SSSR count). The highest BCUT2D eigenvalue weighted by atomic mass is 14.9. The van der Waals surface area contributed by atoms with E-state index in [1.54, 1.807) is 0 Å². The minimum absolute atomic E-state index is 0.514. The third-order valence-electron chi connectivity index (χ3n) is 2.63. The average molecular weight is 219 g/mol. The molecule has 0 saturated heterocycles. The minimum atomic E-state index is 0.514. The van der Waals surface area contributed by atoms with Crippen molar-refractivity contribution < 1.29 is 0 Å². The van der Waals surface area contributed by atoms with Gasteiger partial charge >= 0.3 is 0 Å². The van der Waals surface area contributed by atoms with Crippen molar-refractivity contribution in [1.29, 1.82) is 0 Å². The average Bonchev–Trinajstić information content (AvgIpc) is 2.26. The fourth-order valence-electron chi connectivity index (χ4n) is 1.61. The first-order chi connectivity index (χ1) is 7.60. The van der Waals surface area contributed by atoms with Gasteiger partial charge in [0.1, 0.15) is 0 Å². The summed E-state index contributed by atoms with van der Waals surface area (Å²) in [5.41, 5.74) is 3.27. The van der Waals surface area contributed by atoms with Gasteiger partial charge in [-0.2, -0.15) is 0 Å². The van der Waals surface area contributed by atoms with Gasteiger partial charge in [-0.05, 0) is 43.9 Å². The van der Waals surface area contributed by atoms with Crippen molar-refractivity contribution in [2.45, 2.75) is 46.6 Å². The molecule has 0 radical (unpaired) electrons. The van der Waals surface area contributed by atoms with Gasteiger partial charge in [-0.3, -0.25) is 0 Å². The Bertz CT molecular complexity index is 291. The molecule has 0 aromatic rings. The Morgan fingerprint density at radius 1 is 1.31 bits per heavy atom. The largest absolute Gasteiger partial charge is 0.382 e. The van der Waals surface area contributed by atoms with E-state index in [-0.39, 0.29) is 0 Å². The number of hydrogen-bond donors (Lipinski definition) is 1. The molecule has 0 amide bonds. The fourth-order valence-corrected chi connectivity index (χ4v) is 1.61. The van der Waals surface area contributed by atoms with Crippen LogP contribution in [0.3, 0.4) is 0 Å². The van der Waals surface area contributed by atoms with Gasteiger partial charge in [0.25, 0.3) is 0 Å². The van der Waals surface area contributed by atoms with E-state index in [0.29, 0.717) is 6.04 Å². The molecule has 0 aliphatic heterocycles. The lowest BCUT2D eigenvalue weighted by molar-refractivity contribution is 0.538. The molecule has 0 aromatic carbocycles. The lowest BCUT2D eigenvalue weighted by atomic mass is 10.0. The van der Waals surface area contributed by atoms with Crippen LogP contribution < -0.4 is 5.32 Å². The molecule has 0 spiro atoms. The third-order valence-corrected chi connectivity index (χ3v) is 2.63. The van der Waals surface area contributed by atoms with E-state index in [4.69, 9.17) is 0 Å². The number of hydrogen-bond acceptors (Lipinski definition) is 1. The van der Waals surface area contributed by atoms with Gasteiger partial charge in [-0.25, -0.2) is 0 Å². The Kier molecular flexibility index (Phi) is 7.36. The molecule has 0 bridgehead atoms. The summed E-state index contributed by atoms with van der Waals surface area (Å²) in [6, 6.07) is 0.514. The summed E-state index contributed by atoms with van der Waals surface area (Å²) in [5.74, 6) is 0. The molecule has 0 aliphatic carbocycles. The highest BCUT2D eigenvalue weighted by Gasteiger charge is 2.07. The van der Waals surface area contributed by atoms with Gasteiger partial charge in [0.15, 0.2) is 0 Å². The van der Waals surface area contributed by atoms with Crippen LogP contribution in [0.1, 0.15) is 40.5 Å². The van der Waals surface area contributed by atoms with Gasteiger partial charge in [0.2, 0.25) is 0 Å². The molecule has 90 valence electrons. The zero-order valence-electron chi connectivity index (χ0n) is 11.1. The second kappa shape index (κ2) is 7.98. The van der Waals surface area contributed by atoms with Crippen LogP contribution in [0.4, 0.5) is 0 Å². The summed E-state index contributed by atoms with van der Waals surface area (Å²) in [4.78, 5) is 0. The van der Waals surface area contributed by atoms with Crippen molar-refractivity contribution in [2.24, 2.45) is 0 Å². The van der Waals surface area contributed by atoms with Crippen LogP contribution in [0.5, 0.6) is 0 Å². The number of rotatable bonds is 7. The van der Waals surface area contributed by atoms with E-state index in [1.165, 1.54) is 0 Å². The van der Waals surface area contributed by atoms with Crippen molar-refractivity contribution in [1.82, 2.24) is 5.32 Å². The predicted octanol–water partition coefficient (Wildman–Crippen LogP) is 4.36. The van der Waals surface area contributed by atoms with Gasteiger partial charge < -0.3 is 5.32 Å². The van der Waals surface area contributed by atoms with E-state index >= 15 is 0 Å². The molecular weight excluding hydrogens is 194 g/mol. The molecule has 0 saturated carbocycles. The molecular formula is C15H25N. The van der Waals surface area contributed by atoms with Crippen LogP contribution >= 0.6 is 0 Å². The Hall–Kier alpha value is -1.24. The third kappa shape index (κ3) is 4.52. The SMILES string of the molecule is C=C/C(C(=C)C)=C(/C=CC)NC(CC)CC. The van der Waals surface area contributed by atoms with Gasteiger partial charge in [0.05, 0.1) is 0 Å². The summed E-state index contributed by atoms with van der Waals surface area (Å²) in [5, 5.41) is 3.55. The summed E-state index contributed by atoms with van der Waals surface area (Å²) < 4.78 is 0. The van der Waals surface area contributed by atoms with Crippen molar-refractivity contribution in [3.63, 3.8) is 0 Å². The first-order valence-corrected chi connectivity index (χ1v) is 6.02. The smallest absolute Gasteiger partial charge is 0.0414 e. The maximum absolute atomic E-state index is 3.99. The van der Waals surface area contributed by atoms with Crippen LogP contribution in [0.2, 0.25) is 0 Å². The van der Waals surface area contributed by atoms with E-state index in [2.05, 4.69) is 38.4 Å². The zero-order chi connectivity index (χ0) is 12.6. The second-order valence-electron chi connectivity index (χ2n) is 3.97. The molecule has 1 heteroatoms. The maximum atomic E-state index is 3.99. The van der Waals surface area contributed by atoms with Crippen LogP contribution in [0.15, 0.2) is 48.2 Å². The molecule has 0 aromatic heterocycles. The van der Waals surface area contributed by atoms with Gasteiger partial charge in [0, 0.05) is 11.7 Å². The van der Waals surface area contributed by atoms with Crippen LogP contribution in [-0.2, 0) is 0 Å². The van der Waals surface area contributed by atoms with E-state index in [0.717, 1.165) is 29.7 Å². The topological polar surface area (TPSA) is 12.0 Å². The molecule has 16 heavy (non-hydrogen) atoms. The summed E-state index contributed by atoms with van der Waals surface area (Å²) in [6.07, 6.45) is 8.24. The van der Waals surface area contributed by atoms with Gasteiger partial charge in [-0.15, -0.1) is 0 Å². The van der Waals surface area contributed by atoms with E-state index < -0.39 is 0 Å². The van der Waals surface area contributed by atoms with Crippen molar-refractivity contribution in [2.75, 3.05) is 0 Å².